The summed E-state index contributed by atoms with van der Waals surface area (Å²) in [7, 11) is 0. The molecule has 0 spiro atoms. The summed E-state index contributed by atoms with van der Waals surface area (Å²) >= 11 is 0. The van der Waals surface area contributed by atoms with Crippen LogP contribution in [0.2, 0.25) is 0 Å². The van der Waals surface area contributed by atoms with Crippen molar-refractivity contribution in [3.05, 3.63) is 58.5 Å². The van der Waals surface area contributed by atoms with E-state index in [9.17, 15) is 4.79 Å². The van der Waals surface area contributed by atoms with E-state index in [4.69, 9.17) is 5.11 Å². The van der Waals surface area contributed by atoms with Crippen LogP contribution in [-0.2, 0) is 6.61 Å². The van der Waals surface area contributed by atoms with Crippen LogP contribution in [0.1, 0.15) is 5.56 Å². The number of aliphatic hydroxyl groups is 1. The molecular weight excluding hydrogens is 190 g/mol. The third kappa shape index (κ3) is 1.82. The van der Waals surface area contributed by atoms with Gasteiger partial charge in [0, 0.05) is 6.20 Å². The van der Waals surface area contributed by atoms with E-state index in [1.165, 1.54) is 0 Å². The molecule has 0 unspecified atom stereocenters. The van der Waals surface area contributed by atoms with E-state index in [0.29, 0.717) is 11.1 Å². The molecule has 0 atom stereocenters. The molecule has 0 radical (unpaired) electrons. The molecule has 2 rings (SSSR count). The molecule has 3 heteroatoms. The Hall–Kier alpha value is -1.87. The van der Waals surface area contributed by atoms with Crippen molar-refractivity contribution in [2.45, 2.75) is 6.61 Å². The van der Waals surface area contributed by atoms with Gasteiger partial charge in [0.15, 0.2) is 0 Å². The summed E-state index contributed by atoms with van der Waals surface area (Å²) in [6, 6.07) is 11.0. The van der Waals surface area contributed by atoms with E-state index in [-0.39, 0.29) is 12.2 Å². The molecule has 1 heterocycles. The predicted octanol–water partition coefficient (Wildman–Crippen LogP) is 1.53. The van der Waals surface area contributed by atoms with Crippen molar-refractivity contribution < 1.29 is 5.11 Å². The van der Waals surface area contributed by atoms with E-state index in [2.05, 4.69) is 4.98 Å². The van der Waals surface area contributed by atoms with Crippen molar-refractivity contribution in [3.8, 4) is 11.1 Å². The molecule has 3 nitrogen and oxygen atoms in total. The van der Waals surface area contributed by atoms with Crippen molar-refractivity contribution in [1.82, 2.24) is 4.98 Å². The standard InChI is InChI=1S/C12H11NO2/c14-8-10-6-7-13-12(15)11(10)9-4-2-1-3-5-9/h1-7,14H,8H2,(H,13,15). The Morgan fingerprint density at radius 3 is 2.53 bits per heavy atom. The SMILES string of the molecule is O=c1[nH]ccc(CO)c1-c1ccccc1. The Balaban J connectivity index is 2.67. The first-order chi connectivity index (χ1) is 7.33. The minimum Gasteiger partial charge on any atom is -0.392 e. The summed E-state index contributed by atoms with van der Waals surface area (Å²) in [5.41, 5.74) is 1.83. The summed E-state index contributed by atoms with van der Waals surface area (Å²) in [6.07, 6.45) is 1.54. The van der Waals surface area contributed by atoms with Crippen LogP contribution in [0.4, 0.5) is 0 Å². The second-order valence-corrected chi connectivity index (χ2v) is 3.23. The van der Waals surface area contributed by atoms with Crippen LogP contribution < -0.4 is 5.56 Å². The number of pyridine rings is 1. The summed E-state index contributed by atoms with van der Waals surface area (Å²) in [4.78, 5) is 14.2. The van der Waals surface area contributed by atoms with Crippen LogP contribution >= 0.6 is 0 Å². The molecule has 0 saturated heterocycles. The van der Waals surface area contributed by atoms with E-state index in [0.717, 1.165) is 5.56 Å². The van der Waals surface area contributed by atoms with Crippen LogP contribution in [0, 0.1) is 0 Å². The van der Waals surface area contributed by atoms with Crippen LogP contribution in [-0.4, -0.2) is 10.1 Å². The zero-order valence-electron chi connectivity index (χ0n) is 8.10. The summed E-state index contributed by atoms with van der Waals surface area (Å²) in [6.45, 7) is -0.131. The van der Waals surface area contributed by atoms with Gasteiger partial charge in [0.2, 0.25) is 0 Å². The van der Waals surface area contributed by atoms with Gasteiger partial charge in [-0.2, -0.15) is 0 Å². The van der Waals surface area contributed by atoms with Gasteiger partial charge in [0.1, 0.15) is 0 Å². The molecule has 2 aromatic rings. The number of hydrogen-bond donors (Lipinski definition) is 2. The highest BCUT2D eigenvalue weighted by atomic mass is 16.3. The van der Waals surface area contributed by atoms with Crippen molar-refractivity contribution >= 4 is 0 Å². The van der Waals surface area contributed by atoms with Crippen molar-refractivity contribution in [1.29, 1.82) is 0 Å². The number of aromatic nitrogens is 1. The monoisotopic (exact) mass is 201 g/mol. The molecular formula is C12H11NO2. The number of nitrogens with one attached hydrogen (secondary N) is 1. The Morgan fingerprint density at radius 2 is 1.87 bits per heavy atom. The van der Waals surface area contributed by atoms with E-state index in [1.54, 1.807) is 12.3 Å². The minimum absolute atomic E-state index is 0.131. The smallest absolute Gasteiger partial charge is 0.256 e. The Kier molecular flexibility index (Phi) is 2.65. The van der Waals surface area contributed by atoms with Crippen molar-refractivity contribution in [2.24, 2.45) is 0 Å². The maximum Gasteiger partial charge on any atom is 0.256 e. The molecule has 0 amide bonds. The lowest BCUT2D eigenvalue weighted by Crippen LogP contribution is -2.10. The number of aromatic amines is 1. The quantitative estimate of drug-likeness (QED) is 0.774. The maximum atomic E-state index is 11.6. The molecule has 1 aromatic carbocycles. The first kappa shape index (κ1) is 9.68. The van der Waals surface area contributed by atoms with Gasteiger partial charge in [-0.15, -0.1) is 0 Å². The second kappa shape index (κ2) is 4.11. The molecule has 76 valence electrons. The van der Waals surface area contributed by atoms with Crippen molar-refractivity contribution in [2.75, 3.05) is 0 Å². The van der Waals surface area contributed by atoms with Gasteiger partial charge in [-0.05, 0) is 17.2 Å². The highest BCUT2D eigenvalue weighted by Crippen LogP contribution is 2.18. The number of hydrogen-bond acceptors (Lipinski definition) is 2. The second-order valence-electron chi connectivity index (χ2n) is 3.23. The average molecular weight is 201 g/mol. The first-order valence-corrected chi connectivity index (χ1v) is 4.70. The summed E-state index contributed by atoms with van der Waals surface area (Å²) in [5.74, 6) is 0. The molecule has 0 aliphatic carbocycles. The van der Waals surface area contributed by atoms with E-state index >= 15 is 0 Å². The number of benzene rings is 1. The van der Waals surface area contributed by atoms with E-state index < -0.39 is 0 Å². The normalized spacial score (nSPS) is 10.2. The topological polar surface area (TPSA) is 53.1 Å². The first-order valence-electron chi connectivity index (χ1n) is 4.70. The fourth-order valence-electron chi connectivity index (χ4n) is 1.57. The molecule has 0 aliphatic rings. The largest absolute Gasteiger partial charge is 0.392 e. The lowest BCUT2D eigenvalue weighted by Gasteiger charge is -2.05. The fourth-order valence-corrected chi connectivity index (χ4v) is 1.57. The van der Waals surface area contributed by atoms with Gasteiger partial charge in [0.25, 0.3) is 5.56 Å². The Bertz CT molecular complexity index is 503. The summed E-state index contributed by atoms with van der Waals surface area (Å²) < 4.78 is 0. The zero-order valence-corrected chi connectivity index (χ0v) is 8.10. The van der Waals surface area contributed by atoms with Crippen molar-refractivity contribution in [3.63, 3.8) is 0 Å². The van der Waals surface area contributed by atoms with Gasteiger partial charge in [-0.1, -0.05) is 30.3 Å². The lowest BCUT2D eigenvalue weighted by atomic mass is 10.0. The Morgan fingerprint density at radius 1 is 1.13 bits per heavy atom. The van der Waals surface area contributed by atoms with Crippen LogP contribution in [0.25, 0.3) is 11.1 Å². The highest BCUT2D eigenvalue weighted by molar-refractivity contribution is 5.65. The van der Waals surface area contributed by atoms with E-state index in [1.807, 2.05) is 30.3 Å². The van der Waals surface area contributed by atoms with Gasteiger partial charge in [-0.25, -0.2) is 0 Å². The molecule has 15 heavy (non-hydrogen) atoms. The van der Waals surface area contributed by atoms with Gasteiger partial charge >= 0.3 is 0 Å². The molecule has 0 bridgehead atoms. The number of rotatable bonds is 2. The third-order valence-corrected chi connectivity index (χ3v) is 2.28. The molecule has 0 saturated carbocycles. The third-order valence-electron chi connectivity index (χ3n) is 2.28. The van der Waals surface area contributed by atoms with Gasteiger partial charge in [0.05, 0.1) is 12.2 Å². The molecule has 2 N–H and O–H groups in total. The van der Waals surface area contributed by atoms with Crippen LogP contribution in [0.5, 0.6) is 0 Å². The van der Waals surface area contributed by atoms with Gasteiger partial charge < -0.3 is 10.1 Å². The molecule has 1 aromatic heterocycles. The van der Waals surface area contributed by atoms with Crippen LogP contribution in [0.15, 0.2) is 47.4 Å². The fraction of sp³-hybridized carbons (Fsp3) is 0.0833. The predicted molar refractivity (Wildman–Crippen MR) is 58.4 cm³/mol. The highest BCUT2D eigenvalue weighted by Gasteiger charge is 2.07. The number of H-pyrrole nitrogens is 1. The maximum absolute atomic E-state index is 11.6. The summed E-state index contributed by atoms with van der Waals surface area (Å²) in [5, 5.41) is 9.15. The average Bonchev–Trinajstić information content (AvgIpc) is 2.29. The van der Waals surface area contributed by atoms with Crippen LogP contribution in [0.3, 0.4) is 0 Å². The minimum atomic E-state index is -0.173. The molecule has 0 aliphatic heterocycles. The van der Waals surface area contributed by atoms with Gasteiger partial charge in [-0.3, -0.25) is 4.79 Å². The Labute approximate surface area is 87.0 Å². The lowest BCUT2D eigenvalue weighted by molar-refractivity contribution is 0.282. The zero-order chi connectivity index (χ0) is 10.7. The molecule has 0 fully saturated rings. The number of aliphatic hydroxyl groups excluding tert-OH is 1.